The fraction of sp³-hybridized carbons (Fsp3) is 0.222. The van der Waals surface area contributed by atoms with Crippen LogP contribution in [0.4, 0.5) is 0 Å². The molecule has 0 N–H and O–H groups in total. The van der Waals surface area contributed by atoms with E-state index in [4.69, 9.17) is 0 Å². The second kappa shape index (κ2) is 4.38. The summed E-state index contributed by atoms with van der Waals surface area (Å²) in [5.74, 6) is -0.0322. The SMILES string of the molecule is O=CCCC(=O)c1cccnc1. The summed E-state index contributed by atoms with van der Waals surface area (Å²) < 4.78 is 0. The molecule has 0 unspecified atom stereocenters. The van der Waals surface area contributed by atoms with Crippen LogP contribution < -0.4 is 0 Å². The molecule has 0 amide bonds. The molecule has 12 heavy (non-hydrogen) atoms. The molecule has 0 aromatic carbocycles. The van der Waals surface area contributed by atoms with Gasteiger partial charge in [0, 0.05) is 30.8 Å². The van der Waals surface area contributed by atoms with Crippen molar-refractivity contribution in [3.8, 4) is 0 Å². The van der Waals surface area contributed by atoms with E-state index >= 15 is 0 Å². The lowest BCUT2D eigenvalue weighted by atomic mass is 10.1. The Morgan fingerprint density at radius 3 is 3.00 bits per heavy atom. The zero-order valence-corrected chi connectivity index (χ0v) is 6.56. The smallest absolute Gasteiger partial charge is 0.164 e. The first-order valence-electron chi connectivity index (χ1n) is 3.71. The van der Waals surface area contributed by atoms with E-state index in [1.165, 1.54) is 6.20 Å². The van der Waals surface area contributed by atoms with E-state index < -0.39 is 0 Å². The first kappa shape index (κ1) is 8.59. The van der Waals surface area contributed by atoms with Gasteiger partial charge in [-0.2, -0.15) is 0 Å². The quantitative estimate of drug-likeness (QED) is 0.495. The molecule has 0 spiro atoms. The molecule has 3 heteroatoms. The number of carbonyl (C=O) groups excluding carboxylic acids is 2. The lowest BCUT2D eigenvalue weighted by Crippen LogP contribution is -1.99. The minimum absolute atomic E-state index is 0.0322. The number of carbonyl (C=O) groups is 2. The molecule has 0 atom stereocenters. The van der Waals surface area contributed by atoms with Crippen LogP contribution in [0.5, 0.6) is 0 Å². The van der Waals surface area contributed by atoms with E-state index in [0.29, 0.717) is 5.56 Å². The highest BCUT2D eigenvalue weighted by Crippen LogP contribution is 2.01. The van der Waals surface area contributed by atoms with Crippen molar-refractivity contribution in [2.24, 2.45) is 0 Å². The van der Waals surface area contributed by atoms with Gasteiger partial charge in [0.15, 0.2) is 5.78 Å². The van der Waals surface area contributed by atoms with Crippen LogP contribution in [0.15, 0.2) is 24.5 Å². The summed E-state index contributed by atoms with van der Waals surface area (Å²) in [5, 5.41) is 0. The van der Waals surface area contributed by atoms with Crippen LogP contribution in [0.3, 0.4) is 0 Å². The van der Waals surface area contributed by atoms with Crippen LogP contribution in [0, 0.1) is 0 Å². The first-order valence-corrected chi connectivity index (χ1v) is 3.71. The third-order valence-corrected chi connectivity index (χ3v) is 1.47. The Morgan fingerprint density at radius 1 is 1.58 bits per heavy atom. The summed E-state index contributed by atoms with van der Waals surface area (Å²) in [7, 11) is 0. The lowest BCUT2D eigenvalue weighted by molar-refractivity contribution is -0.107. The molecule has 1 rings (SSSR count). The second-order valence-corrected chi connectivity index (χ2v) is 2.37. The van der Waals surface area contributed by atoms with E-state index in [0.717, 1.165) is 6.29 Å². The van der Waals surface area contributed by atoms with E-state index in [2.05, 4.69) is 4.98 Å². The molecule has 1 aromatic rings. The van der Waals surface area contributed by atoms with Crippen molar-refractivity contribution in [2.45, 2.75) is 12.8 Å². The van der Waals surface area contributed by atoms with Gasteiger partial charge in [0.2, 0.25) is 0 Å². The maximum Gasteiger partial charge on any atom is 0.164 e. The van der Waals surface area contributed by atoms with Gasteiger partial charge in [-0.15, -0.1) is 0 Å². The topological polar surface area (TPSA) is 47.0 Å². The van der Waals surface area contributed by atoms with Crippen molar-refractivity contribution >= 4 is 12.1 Å². The van der Waals surface area contributed by atoms with Gasteiger partial charge in [-0.25, -0.2) is 0 Å². The molecule has 0 radical (unpaired) electrons. The van der Waals surface area contributed by atoms with Gasteiger partial charge in [0.05, 0.1) is 0 Å². The van der Waals surface area contributed by atoms with Gasteiger partial charge in [-0.1, -0.05) is 0 Å². The van der Waals surface area contributed by atoms with Crippen molar-refractivity contribution < 1.29 is 9.59 Å². The third-order valence-electron chi connectivity index (χ3n) is 1.47. The highest BCUT2D eigenvalue weighted by Gasteiger charge is 2.03. The van der Waals surface area contributed by atoms with Crippen molar-refractivity contribution in [3.05, 3.63) is 30.1 Å². The number of aldehydes is 1. The van der Waals surface area contributed by atoms with Gasteiger partial charge in [-0.05, 0) is 12.1 Å². The highest BCUT2D eigenvalue weighted by atomic mass is 16.1. The van der Waals surface area contributed by atoms with E-state index in [1.807, 2.05) is 0 Å². The Morgan fingerprint density at radius 2 is 2.42 bits per heavy atom. The van der Waals surface area contributed by atoms with Gasteiger partial charge in [0.25, 0.3) is 0 Å². The fourth-order valence-corrected chi connectivity index (χ4v) is 0.862. The average Bonchev–Trinajstić information content (AvgIpc) is 2.15. The van der Waals surface area contributed by atoms with Crippen LogP contribution >= 0.6 is 0 Å². The van der Waals surface area contributed by atoms with Gasteiger partial charge >= 0.3 is 0 Å². The van der Waals surface area contributed by atoms with Crippen molar-refractivity contribution in [2.75, 3.05) is 0 Å². The number of aromatic nitrogens is 1. The maximum atomic E-state index is 11.2. The van der Waals surface area contributed by atoms with Gasteiger partial charge in [-0.3, -0.25) is 9.78 Å². The molecule has 0 saturated heterocycles. The van der Waals surface area contributed by atoms with E-state index in [1.54, 1.807) is 18.3 Å². The van der Waals surface area contributed by atoms with Crippen LogP contribution in [0.1, 0.15) is 23.2 Å². The normalized spacial score (nSPS) is 9.33. The minimum Gasteiger partial charge on any atom is -0.303 e. The molecule has 1 heterocycles. The molecule has 0 aliphatic rings. The average molecular weight is 163 g/mol. The molecular weight excluding hydrogens is 154 g/mol. The van der Waals surface area contributed by atoms with Crippen LogP contribution in [-0.2, 0) is 4.79 Å². The fourth-order valence-electron chi connectivity index (χ4n) is 0.862. The third kappa shape index (κ3) is 2.27. The molecule has 0 bridgehead atoms. The van der Waals surface area contributed by atoms with Crippen LogP contribution in [0.2, 0.25) is 0 Å². The summed E-state index contributed by atoms with van der Waals surface area (Å²) in [6.45, 7) is 0. The Hall–Kier alpha value is -1.51. The van der Waals surface area contributed by atoms with Crippen molar-refractivity contribution in [3.63, 3.8) is 0 Å². The van der Waals surface area contributed by atoms with E-state index in [9.17, 15) is 9.59 Å². The molecule has 0 aliphatic heterocycles. The maximum absolute atomic E-state index is 11.2. The van der Waals surface area contributed by atoms with Crippen molar-refractivity contribution in [1.29, 1.82) is 0 Å². The highest BCUT2D eigenvalue weighted by molar-refractivity contribution is 5.96. The number of hydrogen-bond acceptors (Lipinski definition) is 3. The molecule has 62 valence electrons. The monoisotopic (exact) mass is 163 g/mol. The number of Topliss-reactive ketones (excluding diaryl/α,β-unsaturated/α-hetero) is 1. The van der Waals surface area contributed by atoms with Crippen molar-refractivity contribution in [1.82, 2.24) is 4.98 Å². The second-order valence-electron chi connectivity index (χ2n) is 2.37. The predicted molar refractivity (Wildman–Crippen MR) is 43.9 cm³/mol. The summed E-state index contributed by atoms with van der Waals surface area (Å²) in [6, 6.07) is 3.40. The molecule has 3 nitrogen and oxygen atoms in total. The molecule has 0 saturated carbocycles. The number of nitrogens with zero attached hydrogens (tertiary/aromatic N) is 1. The largest absolute Gasteiger partial charge is 0.303 e. The predicted octanol–water partition coefficient (Wildman–Crippen LogP) is 1.24. The Kier molecular flexibility index (Phi) is 3.14. The zero-order valence-electron chi connectivity index (χ0n) is 6.56. The standard InChI is InChI=1S/C9H9NO2/c11-6-2-4-9(12)8-3-1-5-10-7-8/h1,3,5-7H,2,4H2. The Bertz CT molecular complexity index is 269. The lowest BCUT2D eigenvalue weighted by Gasteiger charge is -1.95. The summed E-state index contributed by atoms with van der Waals surface area (Å²) >= 11 is 0. The number of ketones is 1. The van der Waals surface area contributed by atoms with Gasteiger partial charge < -0.3 is 4.79 Å². The molecule has 0 fully saturated rings. The number of pyridine rings is 1. The number of rotatable bonds is 4. The Balaban J connectivity index is 2.59. The minimum atomic E-state index is -0.0322. The zero-order chi connectivity index (χ0) is 8.81. The van der Waals surface area contributed by atoms with Crippen LogP contribution in [-0.4, -0.2) is 17.1 Å². The van der Waals surface area contributed by atoms with E-state index in [-0.39, 0.29) is 18.6 Å². The Labute approximate surface area is 70.4 Å². The van der Waals surface area contributed by atoms with Gasteiger partial charge in [0.1, 0.15) is 6.29 Å². The van der Waals surface area contributed by atoms with Crippen LogP contribution in [0.25, 0.3) is 0 Å². The molecule has 0 aliphatic carbocycles. The summed E-state index contributed by atoms with van der Waals surface area (Å²) in [6.07, 6.45) is 4.42. The first-order chi connectivity index (χ1) is 5.84. The number of hydrogen-bond donors (Lipinski definition) is 0. The molecular formula is C9H9NO2. The summed E-state index contributed by atoms with van der Waals surface area (Å²) in [5.41, 5.74) is 0.569. The molecule has 1 aromatic heterocycles. The summed E-state index contributed by atoms with van der Waals surface area (Å²) in [4.78, 5) is 25.0.